The lowest BCUT2D eigenvalue weighted by Crippen LogP contribution is -2.36. The minimum Gasteiger partial charge on any atom is -0.285 e. The van der Waals surface area contributed by atoms with E-state index >= 15 is 0 Å². The van der Waals surface area contributed by atoms with Crippen molar-refractivity contribution in [2.75, 3.05) is 14.1 Å². The van der Waals surface area contributed by atoms with E-state index in [1.54, 1.807) is 43.6 Å². The Morgan fingerprint density at radius 3 is 2.04 bits per heavy atom. The summed E-state index contributed by atoms with van der Waals surface area (Å²) < 4.78 is 0. The Morgan fingerprint density at radius 2 is 1.43 bits per heavy atom. The van der Waals surface area contributed by atoms with Crippen molar-refractivity contribution in [3.05, 3.63) is 60.4 Å². The van der Waals surface area contributed by atoms with Crippen LogP contribution in [-0.4, -0.2) is 44.9 Å². The first-order chi connectivity index (χ1) is 13.6. The molecule has 5 rings (SSSR count). The molecule has 0 spiro atoms. The summed E-state index contributed by atoms with van der Waals surface area (Å²) in [6, 6.07) is 13.1. The number of benzene rings is 2. The third-order valence-electron chi connectivity index (χ3n) is 4.61. The minimum atomic E-state index is -0.197. The molecule has 7 nitrogen and oxygen atoms in total. The summed E-state index contributed by atoms with van der Waals surface area (Å²) in [4.78, 5) is 31.0. The van der Waals surface area contributed by atoms with Gasteiger partial charge in [0, 0.05) is 42.8 Å². The van der Waals surface area contributed by atoms with Gasteiger partial charge in [-0.1, -0.05) is 12.1 Å². The van der Waals surface area contributed by atoms with Gasteiger partial charge in [0.05, 0.1) is 22.1 Å². The Bertz CT molecular complexity index is 1400. The van der Waals surface area contributed by atoms with Crippen LogP contribution in [0.1, 0.15) is 10.4 Å². The van der Waals surface area contributed by atoms with Gasteiger partial charge in [-0.3, -0.25) is 20.2 Å². The summed E-state index contributed by atoms with van der Waals surface area (Å²) in [7, 11) is 3.53. The Kier molecular flexibility index (Phi) is 3.63. The van der Waals surface area contributed by atoms with Crippen molar-refractivity contribution >= 4 is 49.8 Å². The monoisotopic (exact) mass is 368 g/mol. The van der Waals surface area contributed by atoms with Crippen molar-refractivity contribution in [2.45, 2.75) is 0 Å². The van der Waals surface area contributed by atoms with Gasteiger partial charge in [0.2, 0.25) is 0 Å². The smallest absolute Gasteiger partial charge is 0.265 e. The molecule has 2 aromatic carbocycles. The van der Waals surface area contributed by atoms with Crippen molar-refractivity contribution in [1.82, 2.24) is 30.4 Å². The number of fused-ring (bicyclic) bond motifs is 7. The quantitative estimate of drug-likeness (QED) is 0.293. The molecule has 5 aromatic rings. The molecule has 0 radical (unpaired) electrons. The standard InChI is InChI=1S/C21H16N6O/c1-27(2)26-21(28)12-7-8-15-16(11-12)25-20-18-14(6-4-10-23-18)13-5-3-9-22-17(13)19(20)24-15/h3-11H,1-2H3,(H,26,28). The molecule has 0 unspecified atom stereocenters. The van der Waals surface area contributed by atoms with Crippen molar-refractivity contribution in [3.63, 3.8) is 0 Å². The fourth-order valence-corrected chi connectivity index (χ4v) is 3.42. The first-order valence-electron chi connectivity index (χ1n) is 8.83. The average Bonchev–Trinajstić information content (AvgIpc) is 2.72. The lowest BCUT2D eigenvalue weighted by atomic mass is 10.1. The number of amides is 1. The summed E-state index contributed by atoms with van der Waals surface area (Å²) in [5.41, 5.74) is 7.56. The van der Waals surface area contributed by atoms with E-state index < -0.39 is 0 Å². The molecule has 3 heterocycles. The van der Waals surface area contributed by atoms with E-state index in [-0.39, 0.29) is 5.91 Å². The number of hydrogen-bond donors (Lipinski definition) is 1. The summed E-state index contributed by atoms with van der Waals surface area (Å²) in [5.74, 6) is -0.197. The SMILES string of the molecule is CN(C)NC(=O)c1ccc2nc3c4ncccc4c4cccnc4c3nc2c1. The number of aromatic nitrogens is 4. The first kappa shape index (κ1) is 16.5. The van der Waals surface area contributed by atoms with Gasteiger partial charge < -0.3 is 0 Å². The number of nitrogens with one attached hydrogen (secondary N) is 1. The van der Waals surface area contributed by atoms with E-state index in [2.05, 4.69) is 15.4 Å². The van der Waals surface area contributed by atoms with Crippen LogP contribution in [0, 0.1) is 0 Å². The minimum absolute atomic E-state index is 0.197. The summed E-state index contributed by atoms with van der Waals surface area (Å²) >= 11 is 0. The molecule has 0 aliphatic heterocycles. The summed E-state index contributed by atoms with van der Waals surface area (Å²) in [5, 5.41) is 3.58. The number of hydrazine groups is 1. The zero-order chi connectivity index (χ0) is 19.3. The van der Waals surface area contributed by atoms with Crippen LogP contribution in [0.3, 0.4) is 0 Å². The Hall–Kier alpha value is -3.71. The van der Waals surface area contributed by atoms with Crippen LogP contribution in [0.5, 0.6) is 0 Å². The van der Waals surface area contributed by atoms with Gasteiger partial charge >= 0.3 is 0 Å². The maximum absolute atomic E-state index is 12.3. The van der Waals surface area contributed by atoms with Crippen LogP contribution < -0.4 is 5.43 Å². The third kappa shape index (κ3) is 2.52. The normalized spacial score (nSPS) is 11.7. The highest BCUT2D eigenvalue weighted by Gasteiger charge is 2.15. The van der Waals surface area contributed by atoms with E-state index in [0.717, 1.165) is 21.8 Å². The molecule has 1 N–H and O–H groups in total. The van der Waals surface area contributed by atoms with Gasteiger partial charge in [-0.25, -0.2) is 15.0 Å². The molecule has 0 aliphatic rings. The largest absolute Gasteiger partial charge is 0.285 e. The molecule has 0 saturated carbocycles. The molecule has 7 heteroatoms. The molecule has 1 amide bonds. The second kappa shape index (κ2) is 6.17. The first-order valence-corrected chi connectivity index (χ1v) is 8.83. The highest BCUT2D eigenvalue weighted by atomic mass is 16.2. The predicted octanol–water partition coefficient (Wildman–Crippen LogP) is 3.09. The molecular formula is C21H16N6O. The summed E-state index contributed by atoms with van der Waals surface area (Å²) in [6.45, 7) is 0. The summed E-state index contributed by atoms with van der Waals surface area (Å²) in [6.07, 6.45) is 3.50. The van der Waals surface area contributed by atoms with Crippen LogP contribution >= 0.6 is 0 Å². The zero-order valence-electron chi connectivity index (χ0n) is 15.3. The number of carbonyl (C=O) groups is 1. The van der Waals surface area contributed by atoms with Crippen molar-refractivity contribution in [3.8, 4) is 0 Å². The van der Waals surface area contributed by atoms with Crippen LogP contribution in [0.15, 0.2) is 54.9 Å². The van der Waals surface area contributed by atoms with Crippen LogP contribution in [0.25, 0.3) is 43.9 Å². The molecule has 0 saturated heterocycles. The van der Waals surface area contributed by atoms with Crippen molar-refractivity contribution in [2.24, 2.45) is 0 Å². The topological polar surface area (TPSA) is 83.9 Å². The van der Waals surface area contributed by atoms with E-state index in [4.69, 9.17) is 9.97 Å². The second-order valence-corrected chi connectivity index (χ2v) is 6.76. The van der Waals surface area contributed by atoms with Gasteiger partial charge in [0.25, 0.3) is 5.91 Å². The van der Waals surface area contributed by atoms with Gasteiger partial charge in [0.1, 0.15) is 11.0 Å². The third-order valence-corrected chi connectivity index (χ3v) is 4.61. The molecule has 0 atom stereocenters. The van der Waals surface area contributed by atoms with Gasteiger partial charge in [-0.2, -0.15) is 0 Å². The van der Waals surface area contributed by atoms with Gasteiger partial charge in [0.15, 0.2) is 0 Å². The number of rotatable bonds is 2. The van der Waals surface area contributed by atoms with Crippen molar-refractivity contribution in [1.29, 1.82) is 0 Å². The molecule has 28 heavy (non-hydrogen) atoms. The number of hydrogen-bond acceptors (Lipinski definition) is 6. The van der Waals surface area contributed by atoms with Gasteiger partial charge in [-0.05, 0) is 30.3 Å². The van der Waals surface area contributed by atoms with E-state index in [1.165, 1.54) is 0 Å². The molecular weight excluding hydrogens is 352 g/mol. The number of pyridine rings is 2. The molecule has 3 aromatic heterocycles. The number of carbonyl (C=O) groups excluding carboxylic acids is 1. The van der Waals surface area contributed by atoms with Crippen LogP contribution in [0.2, 0.25) is 0 Å². The maximum Gasteiger partial charge on any atom is 0.265 e. The van der Waals surface area contributed by atoms with Gasteiger partial charge in [-0.15, -0.1) is 0 Å². The average molecular weight is 368 g/mol. The fraction of sp³-hybridized carbons (Fsp3) is 0.0952. The molecule has 136 valence electrons. The van der Waals surface area contributed by atoms with E-state index in [1.807, 2.05) is 30.3 Å². The van der Waals surface area contributed by atoms with E-state index in [0.29, 0.717) is 27.6 Å². The lowest BCUT2D eigenvalue weighted by Gasteiger charge is -2.12. The highest BCUT2D eigenvalue weighted by Crippen LogP contribution is 2.31. The second-order valence-electron chi connectivity index (χ2n) is 6.76. The lowest BCUT2D eigenvalue weighted by molar-refractivity contribution is 0.0857. The number of nitrogens with zero attached hydrogens (tertiary/aromatic N) is 5. The Labute approximate surface area is 160 Å². The fourth-order valence-electron chi connectivity index (χ4n) is 3.42. The molecule has 0 bridgehead atoms. The Balaban J connectivity index is 1.85. The zero-order valence-corrected chi connectivity index (χ0v) is 15.3. The maximum atomic E-state index is 12.3. The van der Waals surface area contributed by atoms with Crippen LogP contribution in [-0.2, 0) is 0 Å². The van der Waals surface area contributed by atoms with E-state index in [9.17, 15) is 4.79 Å². The highest BCUT2D eigenvalue weighted by molar-refractivity contribution is 6.21. The molecule has 0 fully saturated rings. The Morgan fingerprint density at radius 1 is 0.821 bits per heavy atom. The van der Waals surface area contributed by atoms with Crippen molar-refractivity contribution < 1.29 is 4.79 Å². The predicted molar refractivity (Wildman–Crippen MR) is 109 cm³/mol. The van der Waals surface area contributed by atoms with Crippen LogP contribution in [0.4, 0.5) is 0 Å². The molecule has 0 aliphatic carbocycles.